The van der Waals surface area contributed by atoms with E-state index in [0.29, 0.717) is 5.92 Å². The minimum atomic E-state index is 0.00435. The Morgan fingerprint density at radius 2 is 2.17 bits per heavy atom. The second-order valence-electron chi connectivity index (χ2n) is 7.50. The van der Waals surface area contributed by atoms with Gasteiger partial charge in [-0.05, 0) is 45.6 Å². The number of nitrogens with zero attached hydrogens (tertiary/aromatic N) is 4. The molecule has 124 valence electrons. The molecule has 0 radical (unpaired) electrons. The molecule has 0 unspecified atom stereocenters. The topological polar surface area (TPSA) is 43.1 Å². The summed E-state index contributed by atoms with van der Waals surface area (Å²) in [5, 5.41) is 0. The van der Waals surface area contributed by atoms with Crippen molar-refractivity contribution in [2.45, 2.75) is 45.7 Å². The maximum absolute atomic E-state index is 12.8. The predicted molar refractivity (Wildman–Crippen MR) is 90.3 cm³/mol. The molecule has 1 saturated heterocycles. The highest BCUT2D eigenvalue weighted by molar-refractivity contribution is 5.94. The van der Waals surface area contributed by atoms with Crippen LogP contribution in [0.5, 0.6) is 0 Å². The Balaban J connectivity index is 1.66. The van der Waals surface area contributed by atoms with E-state index >= 15 is 0 Å². The van der Waals surface area contributed by atoms with Gasteiger partial charge >= 0.3 is 0 Å². The van der Waals surface area contributed by atoms with Crippen LogP contribution < -0.4 is 0 Å². The predicted octanol–water partition coefficient (Wildman–Crippen LogP) is 2.99. The Morgan fingerprint density at radius 3 is 2.83 bits per heavy atom. The third-order valence-corrected chi connectivity index (χ3v) is 4.55. The maximum Gasteiger partial charge on any atom is 0.255 e. The van der Waals surface area contributed by atoms with Gasteiger partial charge in [-0.3, -0.25) is 4.79 Å². The molecule has 0 aromatic carbocycles. The number of amides is 1. The number of hydrogen-bond donors (Lipinski definition) is 0. The zero-order valence-electron chi connectivity index (χ0n) is 14.3. The summed E-state index contributed by atoms with van der Waals surface area (Å²) in [6, 6.07) is 1.94. The van der Waals surface area contributed by atoms with Crippen LogP contribution in [0.4, 0.5) is 0 Å². The summed E-state index contributed by atoms with van der Waals surface area (Å²) in [4.78, 5) is 18.9. The first kappa shape index (κ1) is 15.8. The quantitative estimate of drug-likeness (QED) is 0.874. The van der Waals surface area contributed by atoms with Gasteiger partial charge in [-0.1, -0.05) is 0 Å². The summed E-state index contributed by atoms with van der Waals surface area (Å²) in [6.07, 6.45) is 11.9. The van der Waals surface area contributed by atoms with Crippen molar-refractivity contribution in [1.82, 2.24) is 19.0 Å². The van der Waals surface area contributed by atoms with Crippen LogP contribution in [0.1, 0.15) is 44.0 Å². The number of carbonyl (C=O) groups is 1. The van der Waals surface area contributed by atoms with E-state index < -0.39 is 0 Å². The van der Waals surface area contributed by atoms with Crippen molar-refractivity contribution >= 4 is 5.91 Å². The van der Waals surface area contributed by atoms with Gasteiger partial charge in [0.15, 0.2) is 0 Å². The van der Waals surface area contributed by atoms with Gasteiger partial charge in [0, 0.05) is 50.0 Å². The highest BCUT2D eigenvalue weighted by Crippen LogP contribution is 2.22. The molecule has 1 aliphatic heterocycles. The van der Waals surface area contributed by atoms with Crippen LogP contribution in [-0.4, -0.2) is 38.0 Å². The summed E-state index contributed by atoms with van der Waals surface area (Å²) < 4.78 is 4.21. The molecule has 2 aromatic rings. The van der Waals surface area contributed by atoms with Crippen molar-refractivity contribution in [2.24, 2.45) is 5.92 Å². The third-order valence-electron chi connectivity index (χ3n) is 4.55. The lowest BCUT2D eigenvalue weighted by Crippen LogP contribution is -2.41. The number of likely N-dealkylation sites (tertiary alicyclic amines) is 1. The molecule has 3 heterocycles. The van der Waals surface area contributed by atoms with E-state index in [2.05, 4.69) is 34.9 Å². The van der Waals surface area contributed by atoms with Crippen LogP contribution in [0.2, 0.25) is 0 Å². The molecule has 0 spiro atoms. The number of piperidine rings is 1. The van der Waals surface area contributed by atoms with E-state index in [0.717, 1.165) is 31.6 Å². The fourth-order valence-corrected chi connectivity index (χ4v) is 3.21. The summed E-state index contributed by atoms with van der Waals surface area (Å²) in [7, 11) is 0. The van der Waals surface area contributed by atoms with Crippen LogP contribution in [0.3, 0.4) is 0 Å². The first-order chi connectivity index (χ1) is 10.9. The standard InChI is InChI=1S/C18H26N4O/c1-18(2,3)22-9-6-16(13-22)17(23)21-8-4-5-15(12-21)11-20-10-7-19-14-20/h6-7,9-10,13-15H,4-5,8,11-12H2,1-3H3/t15-/m1/s1. The van der Waals surface area contributed by atoms with Gasteiger partial charge in [-0.2, -0.15) is 0 Å². The smallest absolute Gasteiger partial charge is 0.255 e. The third kappa shape index (κ3) is 3.66. The van der Waals surface area contributed by atoms with Crippen molar-refractivity contribution < 1.29 is 4.79 Å². The second kappa shape index (κ2) is 6.22. The average molecular weight is 314 g/mol. The summed E-state index contributed by atoms with van der Waals surface area (Å²) in [6.45, 7) is 9.06. The lowest BCUT2D eigenvalue weighted by Gasteiger charge is -2.32. The van der Waals surface area contributed by atoms with Crippen molar-refractivity contribution in [3.63, 3.8) is 0 Å². The van der Waals surface area contributed by atoms with Crippen LogP contribution in [0.15, 0.2) is 37.2 Å². The molecular formula is C18H26N4O. The average Bonchev–Trinajstić information content (AvgIpc) is 3.17. The molecule has 0 N–H and O–H groups in total. The van der Waals surface area contributed by atoms with Gasteiger partial charge in [0.1, 0.15) is 0 Å². The van der Waals surface area contributed by atoms with Crippen molar-refractivity contribution in [3.05, 3.63) is 42.7 Å². The number of hydrogen-bond acceptors (Lipinski definition) is 2. The molecule has 0 bridgehead atoms. The minimum Gasteiger partial charge on any atom is -0.348 e. The lowest BCUT2D eigenvalue weighted by molar-refractivity contribution is 0.0662. The number of imidazole rings is 1. The molecule has 0 saturated carbocycles. The first-order valence-corrected chi connectivity index (χ1v) is 8.37. The van der Waals surface area contributed by atoms with Crippen molar-refractivity contribution in [1.29, 1.82) is 0 Å². The van der Waals surface area contributed by atoms with Gasteiger partial charge in [-0.15, -0.1) is 0 Å². The van der Waals surface area contributed by atoms with Gasteiger partial charge in [0.2, 0.25) is 0 Å². The number of carbonyl (C=O) groups excluding carboxylic acids is 1. The van der Waals surface area contributed by atoms with Crippen molar-refractivity contribution in [2.75, 3.05) is 13.1 Å². The van der Waals surface area contributed by atoms with E-state index in [1.807, 2.05) is 35.9 Å². The maximum atomic E-state index is 12.8. The Morgan fingerprint density at radius 1 is 1.35 bits per heavy atom. The lowest BCUT2D eigenvalue weighted by atomic mass is 9.97. The van der Waals surface area contributed by atoms with Gasteiger partial charge in [0.05, 0.1) is 11.9 Å². The molecule has 2 aromatic heterocycles. The summed E-state index contributed by atoms with van der Waals surface area (Å²) in [5.74, 6) is 0.662. The van der Waals surface area contributed by atoms with Crippen LogP contribution in [0, 0.1) is 5.92 Å². The zero-order valence-corrected chi connectivity index (χ0v) is 14.3. The largest absolute Gasteiger partial charge is 0.348 e. The summed E-state index contributed by atoms with van der Waals surface area (Å²) in [5.41, 5.74) is 0.799. The molecule has 3 rings (SSSR count). The Bertz CT molecular complexity index is 651. The number of aromatic nitrogens is 3. The molecule has 1 aliphatic rings. The van der Waals surface area contributed by atoms with E-state index in [1.54, 1.807) is 6.20 Å². The van der Waals surface area contributed by atoms with E-state index in [-0.39, 0.29) is 11.4 Å². The highest BCUT2D eigenvalue weighted by Gasteiger charge is 2.25. The molecule has 0 aliphatic carbocycles. The van der Waals surface area contributed by atoms with Crippen LogP contribution >= 0.6 is 0 Å². The normalized spacial score (nSPS) is 19.1. The van der Waals surface area contributed by atoms with E-state index in [4.69, 9.17) is 0 Å². The first-order valence-electron chi connectivity index (χ1n) is 8.37. The SMILES string of the molecule is CC(C)(C)n1ccc(C(=O)N2CCC[C@H](Cn3ccnc3)C2)c1. The number of rotatable bonds is 3. The molecule has 5 nitrogen and oxygen atoms in total. The second-order valence-corrected chi connectivity index (χ2v) is 7.50. The van der Waals surface area contributed by atoms with Crippen molar-refractivity contribution in [3.8, 4) is 0 Å². The zero-order chi connectivity index (χ0) is 16.4. The minimum absolute atomic E-state index is 0.00435. The van der Waals surface area contributed by atoms with Gasteiger partial charge in [0.25, 0.3) is 5.91 Å². The monoisotopic (exact) mass is 314 g/mol. The Hall–Kier alpha value is -2.04. The highest BCUT2D eigenvalue weighted by atomic mass is 16.2. The van der Waals surface area contributed by atoms with E-state index in [1.165, 1.54) is 6.42 Å². The molecule has 5 heteroatoms. The Kier molecular flexibility index (Phi) is 4.28. The van der Waals surface area contributed by atoms with Crippen LogP contribution in [-0.2, 0) is 12.1 Å². The van der Waals surface area contributed by atoms with E-state index in [9.17, 15) is 4.79 Å². The molecule has 1 atom stereocenters. The Labute approximate surface area is 137 Å². The molecule has 1 amide bonds. The summed E-state index contributed by atoms with van der Waals surface area (Å²) >= 11 is 0. The molecule has 1 fully saturated rings. The van der Waals surface area contributed by atoms with Crippen LogP contribution in [0.25, 0.3) is 0 Å². The molecular weight excluding hydrogens is 288 g/mol. The van der Waals surface area contributed by atoms with Gasteiger partial charge in [-0.25, -0.2) is 4.98 Å². The molecule has 23 heavy (non-hydrogen) atoms. The fourth-order valence-electron chi connectivity index (χ4n) is 3.21. The van der Waals surface area contributed by atoms with Gasteiger partial charge < -0.3 is 14.0 Å². The fraction of sp³-hybridized carbons (Fsp3) is 0.556.